The summed E-state index contributed by atoms with van der Waals surface area (Å²) in [6.45, 7) is 2.61. The van der Waals surface area contributed by atoms with Crippen molar-refractivity contribution in [3.8, 4) is 22.9 Å². The smallest absolute Gasteiger partial charge is 0.335 e. The Morgan fingerprint density at radius 1 is 0.972 bits per heavy atom. The van der Waals surface area contributed by atoms with Crippen LogP contribution in [0.3, 0.4) is 0 Å². The lowest BCUT2D eigenvalue weighted by Crippen LogP contribution is -2.14. The molecule has 0 amide bonds. The zero-order valence-corrected chi connectivity index (χ0v) is 20.9. The molecule has 6 nitrogen and oxygen atoms in total. The van der Waals surface area contributed by atoms with Crippen LogP contribution in [-0.2, 0) is 13.0 Å². The number of aromatic carboxylic acids is 1. The SMILES string of the molecule is CCc1ccc(OC)cc1COc1ccc(-c2nc3cc(C(=O)O)ccc3n2C2CCCCC2)cc1. The fraction of sp³-hybridized carbons (Fsp3) is 0.333. The third-order valence-electron chi connectivity index (χ3n) is 7.18. The number of imidazole rings is 1. The van der Waals surface area contributed by atoms with Crippen molar-refractivity contribution in [3.05, 3.63) is 77.4 Å². The molecule has 1 saturated carbocycles. The largest absolute Gasteiger partial charge is 0.497 e. The molecule has 0 saturated heterocycles. The van der Waals surface area contributed by atoms with Crippen molar-refractivity contribution in [2.24, 2.45) is 0 Å². The van der Waals surface area contributed by atoms with Crippen LogP contribution in [0, 0.1) is 0 Å². The average molecular weight is 485 g/mol. The summed E-state index contributed by atoms with van der Waals surface area (Å²) in [7, 11) is 1.67. The van der Waals surface area contributed by atoms with Gasteiger partial charge in [-0.2, -0.15) is 0 Å². The van der Waals surface area contributed by atoms with Gasteiger partial charge in [0.25, 0.3) is 0 Å². The van der Waals surface area contributed by atoms with E-state index < -0.39 is 5.97 Å². The number of carboxylic acids is 1. The summed E-state index contributed by atoms with van der Waals surface area (Å²) in [6.07, 6.45) is 6.83. The molecule has 0 radical (unpaired) electrons. The first-order valence-electron chi connectivity index (χ1n) is 12.7. The van der Waals surface area contributed by atoms with Crippen LogP contribution in [0.5, 0.6) is 11.5 Å². The summed E-state index contributed by atoms with van der Waals surface area (Å²) in [6, 6.07) is 19.8. The van der Waals surface area contributed by atoms with Crippen molar-refractivity contribution < 1.29 is 19.4 Å². The molecule has 0 atom stereocenters. The molecular weight excluding hydrogens is 452 g/mol. The normalized spacial score (nSPS) is 14.2. The summed E-state index contributed by atoms with van der Waals surface area (Å²) >= 11 is 0. The summed E-state index contributed by atoms with van der Waals surface area (Å²) in [5.74, 6) is 1.56. The predicted molar refractivity (Wildman–Crippen MR) is 141 cm³/mol. The lowest BCUT2D eigenvalue weighted by molar-refractivity contribution is 0.0697. The molecule has 1 aliphatic carbocycles. The molecular formula is C30H32N2O4. The van der Waals surface area contributed by atoms with Gasteiger partial charge >= 0.3 is 5.97 Å². The zero-order valence-electron chi connectivity index (χ0n) is 20.9. The predicted octanol–water partition coefficient (Wildman–Crippen LogP) is 7.06. The highest BCUT2D eigenvalue weighted by Gasteiger charge is 2.23. The van der Waals surface area contributed by atoms with Crippen molar-refractivity contribution in [1.29, 1.82) is 0 Å². The molecule has 1 N–H and O–H groups in total. The standard InChI is InChI=1S/C30H32N2O4/c1-3-20-9-15-26(35-2)17-23(20)19-36-25-13-10-21(11-14-25)29-31-27-18-22(30(33)34)12-16-28(27)32(29)24-7-5-4-6-8-24/h9-18,24H,3-8,19H2,1-2H3,(H,33,34). The van der Waals surface area contributed by atoms with Crippen LogP contribution in [0.15, 0.2) is 60.7 Å². The van der Waals surface area contributed by atoms with Gasteiger partial charge in [0.2, 0.25) is 0 Å². The molecule has 36 heavy (non-hydrogen) atoms. The molecule has 0 spiro atoms. The Kier molecular flexibility index (Phi) is 6.94. The Balaban J connectivity index is 1.44. The number of benzene rings is 3. The maximum atomic E-state index is 11.5. The molecule has 186 valence electrons. The van der Waals surface area contributed by atoms with E-state index in [1.807, 2.05) is 42.5 Å². The Morgan fingerprint density at radius 3 is 2.42 bits per heavy atom. The molecule has 1 aromatic heterocycles. The van der Waals surface area contributed by atoms with Gasteiger partial charge in [-0.25, -0.2) is 9.78 Å². The lowest BCUT2D eigenvalue weighted by Gasteiger charge is -2.25. The Bertz CT molecular complexity index is 1370. The van der Waals surface area contributed by atoms with Crippen LogP contribution in [0.4, 0.5) is 0 Å². The number of fused-ring (bicyclic) bond motifs is 1. The van der Waals surface area contributed by atoms with E-state index in [4.69, 9.17) is 14.5 Å². The van der Waals surface area contributed by atoms with E-state index in [1.54, 1.807) is 19.2 Å². The fourth-order valence-corrected chi connectivity index (χ4v) is 5.21. The Labute approximate surface area is 211 Å². The number of aromatic nitrogens is 2. The number of hydrogen-bond donors (Lipinski definition) is 1. The minimum atomic E-state index is -0.936. The second-order valence-electron chi connectivity index (χ2n) is 9.41. The molecule has 0 aliphatic heterocycles. The van der Waals surface area contributed by atoms with Crippen molar-refractivity contribution in [1.82, 2.24) is 9.55 Å². The Hall–Kier alpha value is -3.80. The van der Waals surface area contributed by atoms with Crippen LogP contribution in [-0.4, -0.2) is 27.7 Å². The van der Waals surface area contributed by atoms with Crippen molar-refractivity contribution in [2.45, 2.75) is 58.1 Å². The monoisotopic (exact) mass is 484 g/mol. The fourth-order valence-electron chi connectivity index (χ4n) is 5.21. The molecule has 5 rings (SSSR count). The van der Waals surface area contributed by atoms with Gasteiger partial charge in [0.05, 0.1) is 23.7 Å². The maximum absolute atomic E-state index is 11.5. The van der Waals surface area contributed by atoms with E-state index in [0.29, 0.717) is 12.6 Å². The van der Waals surface area contributed by atoms with Crippen LogP contribution in [0.25, 0.3) is 22.4 Å². The topological polar surface area (TPSA) is 73.6 Å². The van der Waals surface area contributed by atoms with E-state index in [0.717, 1.165) is 58.7 Å². The van der Waals surface area contributed by atoms with Gasteiger partial charge in [0, 0.05) is 11.6 Å². The molecule has 6 heteroatoms. The molecule has 1 heterocycles. The average Bonchev–Trinajstić information content (AvgIpc) is 3.31. The van der Waals surface area contributed by atoms with Gasteiger partial charge in [-0.05, 0) is 85.0 Å². The number of rotatable bonds is 8. The first-order valence-corrected chi connectivity index (χ1v) is 12.7. The van der Waals surface area contributed by atoms with Gasteiger partial charge in [-0.15, -0.1) is 0 Å². The lowest BCUT2D eigenvalue weighted by atomic mass is 9.95. The van der Waals surface area contributed by atoms with Crippen LogP contribution in [0.2, 0.25) is 0 Å². The highest BCUT2D eigenvalue weighted by atomic mass is 16.5. The molecule has 0 unspecified atom stereocenters. The summed E-state index contributed by atoms with van der Waals surface area (Å²) < 4.78 is 13.8. The number of carbonyl (C=O) groups is 1. The zero-order chi connectivity index (χ0) is 25.1. The van der Waals surface area contributed by atoms with Gasteiger partial charge in [0.15, 0.2) is 0 Å². The number of nitrogens with zero attached hydrogens (tertiary/aromatic N) is 2. The van der Waals surface area contributed by atoms with Gasteiger partial charge in [-0.3, -0.25) is 0 Å². The first-order chi connectivity index (χ1) is 17.6. The Morgan fingerprint density at radius 2 is 1.72 bits per heavy atom. The van der Waals surface area contributed by atoms with Crippen molar-refractivity contribution >= 4 is 17.0 Å². The maximum Gasteiger partial charge on any atom is 0.335 e. The summed E-state index contributed by atoms with van der Waals surface area (Å²) in [4.78, 5) is 16.4. The molecule has 4 aromatic rings. The van der Waals surface area contributed by atoms with Gasteiger partial charge in [-0.1, -0.05) is 32.3 Å². The molecule has 1 fully saturated rings. The molecule has 1 aliphatic rings. The quantitative estimate of drug-likeness (QED) is 0.290. The first kappa shape index (κ1) is 23.9. The second kappa shape index (κ2) is 10.4. The highest BCUT2D eigenvalue weighted by molar-refractivity contribution is 5.93. The summed E-state index contributed by atoms with van der Waals surface area (Å²) in [5, 5.41) is 9.46. The highest BCUT2D eigenvalue weighted by Crippen LogP contribution is 2.36. The van der Waals surface area contributed by atoms with E-state index in [1.165, 1.54) is 24.8 Å². The van der Waals surface area contributed by atoms with E-state index in [-0.39, 0.29) is 5.56 Å². The number of methoxy groups -OCH3 is 1. The third-order valence-corrected chi connectivity index (χ3v) is 7.18. The molecule has 3 aromatic carbocycles. The van der Waals surface area contributed by atoms with Crippen molar-refractivity contribution in [2.75, 3.05) is 7.11 Å². The van der Waals surface area contributed by atoms with E-state index in [9.17, 15) is 9.90 Å². The number of carboxylic acid groups (broad SMARTS) is 1. The van der Waals surface area contributed by atoms with Crippen LogP contribution >= 0.6 is 0 Å². The van der Waals surface area contributed by atoms with Crippen LogP contribution < -0.4 is 9.47 Å². The van der Waals surface area contributed by atoms with Crippen LogP contribution in [0.1, 0.15) is 66.6 Å². The third kappa shape index (κ3) is 4.81. The molecule has 0 bridgehead atoms. The minimum absolute atomic E-state index is 0.259. The van der Waals surface area contributed by atoms with Gasteiger partial charge in [0.1, 0.15) is 23.9 Å². The number of aryl methyl sites for hydroxylation is 1. The number of ether oxygens (including phenoxy) is 2. The van der Waals surface area contributed by atoms with Gasteiger partial charge < -0.3 is 19.1 Å². The van der Waals surface area contributed by atoms with E-state index in [2.05, 4.69) is 17.6 Å². The summed E-state index contributed by atoms with van der Waals surface area (Å²) in [5.41, 5.74) is 5.34. The number of hydrogen-bond acceptors (Lipinski definition) is 4. The van der Waals surface area contributed by atoms with E-state index >= 15 is 0 Å². The minimum Gasteiger partial charge on any atom is -0.497 e. The van der Waals surface area contributed by atoms with Crippen molar-refractivity contribution in [3.63, 3.8) is 0 Å². The second-order valence-corrected chi connectivity index (χ2v) is 9.41.